The zero-order valence-electron chi connectivity index (χ0n) is 18.2. The molecule has 0 saturated heterocycles. The number of carbonyl (C=O) groups is 2. The standard InChI is InChI=1S/C26H24N4O3/c1-30-16-15-27-24(30)18-33-23-13-11-22(12-14-23)29-25(31)17-28-26(32)21-9-7-20(8-10-21)19-5-3-2-4-6-19/h2-16H,17-18H2,1H3,(H,28,32)(H,29,31). The van der Waals surface area contributed by atoms with Gasteiger partial charge in [-0.3, -0.25) is 9.59 Å². The number of rotatable bonds is 8. The van der Waals surface area contributed by atoms with Crippen molar-refractivity contribution < 1.29 is 14.3 Å². The number of anilines is 1. The largest absolute Gasteiger partial charge is 0.486 e. The number of aromatic nitrogens is 2. The van der Waals surface area contributed by atoms with Crippen LogP contribution in [-0.4, -0.2) is 27.9 Å². The Balaban J connectivity index is 1.24. The number of nitrogens with zero attached hydrogens (tertiary/aromatic N) is 2. The quantitative estimate of drug-likeness (QED) is 0.433. The van der Waals surface area contributed by atoms with Gasteiger partial charge in [0.15, 0.2) is 0 Å². The highest BCUT2D eigenvalue weighted by atomic mass is 16.5. The van der Waals surface area contributed by atoms with E-state index in [1.54, 1.807) is 42.6 Å². The summed E-state index contributed by atoms with van der Waals surface area (Å²) in [5.41, 5.74) is 3.22. The Bertz CT molecular complexity index is 1220. The lowest BCUT2D eigenvalue weighted by Gasteiger charge is -2.09. The molecule has 7 heteroatoms. The maximum Gasteiger partial charge on any atom is 0.251 e. The second kappa shape index (κ2) is 10.3. The predicted molar refractivity (Wildman–Crippen MR) is 127 cm³/mol. The van der Waals surface area contributed by atoms with Crippen molar-refractivity contribution in [2.24, 2.45) is 7.05 Å². The Morgan fingerprint density at radius 3 is 2.27 bits per heavy atom. The molecule has 0 spiro atoms. The molecule has 0 atom stereocenters. The predicted octanol–water partition coefficient (Wildman–Crippen LogP) is 4.03. The minimum Gasteiger partial charge on any atom is -0.486 e. The molecule has 4 rings (SSSR count). The minimum atomic E-state index is -0.314. The minimum absolute atomic E-state index is 0.128. The monoisotopic (exact) mass is 440 g/mol. The Hall–Kier alpha value is -4.39. The second-order valence-electron chi connectivity index (χ2n) is 7.44. The third-order valence-corrected chi connectivity index (χ3v) is 5.09. The molecule has 4 aromatic rings. The molecule has 33 heavy (non-hydrogen) atoms. The third kappa shape index (κ3) is 5.86. The number of hydrogen-bond acceptors (Lipinski definition) is 4. The smallest absolute Gasteiger partial charge is 0.251 e. The zero-order chi connectivity index (χ0) is 23.0. The molecule has 1 aromatic heterocycles. The van der Waals surface area contributed by atoms with Crippen LogP contribution in [-0.2, 0) is 18.4 Å². The average Bonchev–Trinajstić information content (AvgIpc) is 3.27. The number of ether oxygens (including phenoxy) is 1. The summed E-state index contributed by atoms with van der Waals surface area (Å²) in [6.45, 7) is 0.226. The highest BCUT2D eigenvalue weighted by Crippen LogP contribution is 2.19. The first-order valence-electron chi connectivity index (χ1n) is 10.5. The van der Waals surface area contributed by atoms with Crippen LogP contribution in [0, 0.1) is 0 Å². The summed E-state index contributed by atoms with van der Waals surface area (Å²) in [7, 11) is 1.91. The van der Waals surface area contributed by atoms with Gasteiger partial charge in [0.05, 0.1) is 6.54 Å². The number of aryl methyl sites for hydroxylation is 1. The van der Waals surface area contributed by atoms with E-state index in [2.05, 4.69) is 15.6 Å². The number of benzene rings is 3. The van der Waals surface area contributed by atoms with Gasteiger partial charge in [-0.2, -0.15) is 0 Å². The second-order valence-corrected chi connectivity index (χ2v) is 7.44. The van der Waals surface area contributed by atoms with Crippen molar-refractivity contribution in [1.82, 2.24) is 14.9 Å². The van der Waals surface area contributed by atoms with Crippen LogP contribution in [0.3, 0.4) is 0 Å². The van der Waals surface area contributed by atoms with E-state index in [1.165, 1.54) is 0 Å². The maximum atomic E-state index is 12.4. The Kier molecular flexibility index (Phi) is 6.80. The van der Waals surface area contributed by atoms with Crippen molar-refractivity contribution in [2.75, 3.05) is 11.9 Å². The molecule has 0 aliphatic heterocycles. The number of nitrogens with one attached hydrogen (secondary N) is 2. The SMILES string of the molecule is Cn1ccnc1COc1ccc(NC(=O)CNC(=O)c2ccc(-c3ccccc3)cc2)cc1. The molecular formula is C26H24N4O3. The molecular weight excluding hydrogens is 416 g/mol. The normalized spacial score (nSPS) is 10.5. The van der Waals surface area contributed by atoms with E-state index < -0.39 is 0 Å². The van der Waals surface area contributed by atoms with Crippen LogP contribution in [0.1, 0.15) is 16.2 Å². The van der Waals surface area contributed by atoms with Crippen LogP contribution in [0.15, 0.2) is 91.3 Å². The lowest BCUT2D eigenvalue weighted by Crippen LogP contribution is -2.32. The topological polar surface area (TPSA) is 85.2 Å². The van der Waals surface area contributed by atoms with Crippen molar-refractivity contribution in [3.8, 4) is 16.9 Å². The fourth-order valence-corrected chi connectivity index (χ4v) is 3.23. The van der Waals surface area contributed by atoms with Crippen molar-refractivity contribution in [3.05, 3.63) is 103 Å². The molecule has 0 bridgehead atoms. The molecule has 166 valence electrons. The van der Waals surface area contributed by atoms with Crippen LogP contribution in [0.5, 0.6) is 5.75 Å². The van der Waals surface area contributed by atoms with Gasteiger partial charge >= 0.3 is 0 Å². The summed E-state index contributed by atoms with van der Waals surface area (Å²) in [6.07, 6.45) is 3.58. The Labute approximate surface area is 192 Å². The third-order valence-electron chi connectivity index (χ3n) is 5.09. The highest BCUT2D eigenvalue weighted by Gasteiger charge is 2.09. The maximum absolute atomic E-state index is 12.4. The molecule has 3 aromatic carbocycles. The molecule has 2 N–H and O–H groups in total. The Morgan fingerprint density at radius 2 is 1.61 bits per heavy atom. The summed E-state index contributed by atoms with van der Waals surface area (Å²) in [5.74, 6) is 0.870. The van der Waals surface area contributed by atoms with Gasteiger partial charge in [-0.1, -0.05) is 42.5 Å². The van der Waals surface area contributed by atoms with Gasteiger partial charge in [-0.25, -0.2) is 4.98 Å². The van der Waals surface area contributed by atoms with E-state index >= 15 is 0 Å². The van der Waals surface area contributed by atoms with Crippen LogP contribution in [0.2, 0.25) is 0 Å². The first kappa shape index (κ1) is 21.8. The lowest BCUT2D eigenvalue weighted by atomic mass is 10.0. The van der Waals surface area contributed by atoms with Gasteiger partial charge < -0.3 is 19.9 Å². The van der Waals surface area contributed by atoms with E-state index in [4.69, 9.17) is 4.74 Å². The van der Waals surface area contributed by atoms with Crippen molar-refractivity contribution in [3.63, 3.8) is 0 Å². The molecule has 0 unspecified atom stereocenters. The summed E-state index contributed by atoms with van der Waals surface area (Å²) < 4.78 is 7.59. The van der Waals surface area contributed by atoms with Crippen LogP contribution < -0.4 is 15.4 Å². The fraction of sp³-hybridized carbons (Fsp3) is 0.115. The van der Waals surface area contributed by atoms with Crippen LogP contribution >= 0.6 is 0 Å². The number of amides is 2. The fourth-order valence-electron chi connectivity index (χ4n) is 3.23. The van der Waals surface area contributed by atoms with Crippen molar-refractivity contribution in [2.45, 2.75) is 6.61 Å². The first-order valence-corrected chi connectivity index (χ1v) is 10.5. The van der Waals surface area contributed by atoms with Gasteiger partial charge in [0.1, 0.15) is 18.2 Å². The van der Waals surface area contributed by atoms with E-state index in [9.17, 15) is 9.59 Å². The van der Waals surface area contributed by atoms with Crippen LogP contribution in [0.25, 0.3) is 11.1 Å². The first-order chi connectivity index (χ1) is 16.1. The van der Waals surface area contributed by atoms with Crippen molar-refractivity contribution >= 4 is 17.5 Å². The van der Waals surface area contributed by atoms with Gasteiger partial charge in [0.25, 0.3) is 5.91 Å². The molecule has 0 saturated carbocycles. The molecule has 1 heterocycles. The van der Waals surface area contributed by atoms with E-state index in [0.717, 1.165) is 17.0 Å². The summed E-state index contributed by atoms with van der Waals surface area (Å²) >= 11 is 0. The number of carbonyl (C=O) groups excluding carboxylic acids is 2. The van der Waals surface area contributed by atoms with Gasteiger partial charge in [-0.05, 0) is 47.5 Å². The highest BCUT2D eigenvalue weighted by molar-refractivity contribution is 5.99. The Morgan fingerprint density at radius 1 is 0.909 bits per heavy atom. The average molecular weight is 441 g/mol. The van der Waals surface area contributed by atoms with Crippen LogP contribution in [0.4, 0.5) is 5.69 Å². The lowest BCUT2D eigenvalue weighted by molar-refractivity contribution is -0.115. The van der Waals surface area contributed by atoms with E-state index in [0.29, 0.717) is 23.6 Å². The number of imidazole rings is 1. The molecule has 2 amide bonds. The van der Waals surface area contributed by atoms with E-state index in [1.807, 2.05) is 60.3 Å². The van der Waals surface area contributed by atoms with Gasteiger partial charge in [-0.15, -0.1) is 0 Å². The number of hydrogen-bond donors (Lipinski definition) is 2. The summed E-state index contributed by atoms with van der Waals surface area (Å²) in [5, 5.41) is 5.41. The molecule has 0 aliphatic rings. The van der Waals surface area contributed by atoms with E-state index in [-0.39, 0.29) is 18.4 Å². The molecule has 0 fully saturated rings. The summed E-state index contributed by atoms with van der Waals surface area (Å²) in [4.78, 5) is 28.8. The van der Waals surface area contributed by atoms with Gasteiger partial charge in [0, 0.05) is 30.7 Å². The molecule has 0 radical (unpaired) electrons. The van der Waals surface area contributed by atoms with Crippen molar-refractivity contribution in [1.29, 1.82) is 0 Å². The zero-order valence-corrected chi connectivity index (χ0v) is 18.2. The van der Waals surface area contributed by atoms with Gasteiger partial charge in [0.2, 0.25) is 5.91 Å². The summed E-state index contributed by atoms with van der Waals surface area (Å²) in [6, 6.07) is 24.2. The molecule has 0 aliphatic carbocycles. The molecule has 7 nitrogen and oxygen atoms in total.